The first kappa shape index (κ1) is 16.9. The topological polar surface area (TPSA) is 96.2 Å². The summed E-state index contributed by atoms with van der Waals surface area (Å²) < 4.78 is 5.86. The van der Waals surface area contributed by atoms with Crippen LogP contribution in [0, 0.1) is 0 Å². The van der Waals surface area contributed by atoms with E-state index in [0.717, 1.165) is 36.1 Å². The summed E-state index contributed by atoms with van der Waals surface area (Å²) in [4.78, 5) is 33.6. The molecule has 2 N–H and O–H groups in total. The number of aromatic nitrogens is 2. The van der Waals surface area contributed by atoms with Gasteiger partial charge in [-0.15, -0.1) is 11.3 Å². The number of nitrogens with zero attached hydrogens (tertiary/aromatic N) is 1. The average Bonchev–Trinajstić information content (AvgIpc) is 3.32. The van der Waals surface area contributed by atoms with E-state index in [-0.39, 0.29) is 11.1 Å². The fourth-order valence-electron chi connectivity index (χ4n) is 3.78. The summed E-state index contributed by atoms with van der Waals surface area (Å²) in [5, 5.41) is 10.1. The molecule has 28 heavy (non-hydrogen) atoms. The van der Waals surface area contributed by atoms with Gasteiger partial charge in [0.1, 0.15) is 10.6 Å². The number of hydrogen-bond donors (Lipinski definition) is 2. The Morgan fingerprint density at radius 3 is 2.75 bits per heavy atom. The maximum Gasteiger partial charge on any atom is 0.336 e. The molecule has 0 bridgehead atoms. The van der Waals surface area contributed by atoms with Crippen LogP contribution in [0.5, 0.6) is 0 Å². The number of carboxylic acids is 1. The maximum atomic E-state index is 12.7. The number of aromatic amines is 1. The molecule has 0 amide bonds. The number of carbonyl (C=O) groups is 1. The van der Waals surface area contributed by atoms with E-state index in [2.05, 4.69) is 9.97 Å². The van der Waals surface area contributed by atoms with Gasteiger partial charge in [-0.25, -0.2) is 9.78 Å². The van der Waals surface area contributed by atoms with Gasteiger partial charge in [0.25, 0.3) is 5.56 Å². The normalized spacial score (nSPS) is 13.6. The third kappa shape index (κ3) is 2.66. The summed E-state index contributed by atoms with van der Waals surface area (Å²) in [6.45, 7) is 0. The molecule has 0 spiro atoms. The quantitative estimate of drug-likeness (QED) is 0.535. The van der Waals surface area contributed by atoms with Crippen LogP contribution in [-0.4, -0.2) is 21.0 Å². The number of fused-ring (bicyclic) bond motifs is 3. The molecule has 3 aromatic heterocycles. The Bertz CT molecular complexity index is 1280. The number of benzene rings is 1. The minimum atomic E-state index is -1.02. The van der Waals surface area contributed by atoms with Crippen LogP contribution in [0.4, 0.5) is 0 Å². The standard InChI is InChI=1S/C21H16N2O4S/c24-19-17-13-7-3-4-8-16(13)28-20(17)23-18(22-19)15-10-9-14(27-15)11-5-1-2-6-12(11)21(25)26/h1-2,5-6,9-10H,3-4,7-8H2,(H,25,26)(H,22,23,24). The maximum absolute atomic E-state index is 12.7. The molecule has 1 aliphatic rings. The Morgan fingerprint density at radius 2 is 1.89 bits per heavy atom. The minimum absolute atomic E-state index is 0.150. The van der Waals surface area contributed by atoms with E-state index in [1.807, 2.05) is 0 Å². The van der Waals surface area contributed by atoms with E-state index < -0.39 is 5.97 Å². The van der Waals surface area contributed by atoms with Crippen molar-refractivity contribution in [1.29, 1.82) is 0 Å². The second-order valence-electron chi connectivity index (χ2n) is 6.82. The van der Waals surface area contributed by atoms with E-state index in [4.69, 9.17) is 4.42 Å². The molecule has 0 unspecified atom stereocenters. The van der Waals surface area contributed by atoms with Crippen LogP contribution in [0.1, 0.15) is 33.6 Å². The smallest absolute Gasteiger partial charge is 0.336 e. The molecule has 0 radical (unpaired) electrons. The Kier molecular flexibility index (Phi) is 3.91. The zero-order valence-electron chi connectivity index (χ0n) is 14.8. The van der Waals surface area contributed by atoms with Crippen LogP contribution in [0.15, 0.2) is 45.6 Å². The van der Waals surface area contributed by atoms with Gasteiger partial charge in [0.2, 0.25) is 0 Å². The van der Waals surface area contributed by atoms with Gasteiger partial charge < -0.3 is 14.5 Å². The van der Waals surface area contributed by atoms with Crippen LogP contribution in [0.3, 0.4) is 0 Å². The average molecular weight is 392 g/mol. The molecule has 1 aliphatic carbocycles. The third-order valence-electron chi connectivity index (χ3n) is 5.09. The van der Waals surface area contributed by atoms with Crippen molar-refractivity contribution in [3.05, 3.63) is 62.8 Å². The highest BCUT2D eigenvalue weighted by Gasteiger charge is 2.21. The fourth-order valence-corrected chi connectivity index (χ4v) is 5.04. The number of rotatable bonds is 3. The fraction of sp³-hybridized carbons (Fsp3) is 0.190. The molecule has 0 aliphatic heterocycles. The Morgan fingerprint density at radius 1 is 1.11 bits per heavy atom. The summed E-state index contributed by atoms with van der Waals surface area (Å²) in [7, 11) is 0. The first-order valence-electron chi connectivity index (χ1n) is 9.09. The van der Waals surface area contributed by atoms with E-state index in [1.54, 1.807) is 41.7 Å². The summed E-state index contributed by atoms with van der Waals surface area (Å²) in [6.07, 6.45) is 4.18. The lowest BCUT2D eigenvalue weighted by molar-refractivity contribution is 0.0697. The second kappa shape index (κ2) is 6.45. The SMILES string of the molecule is O=C(O)c1ccccc1-c1ccc(-c2nc3sc4c(c3c(=O)[nH]2)CCCC4)o1. The van der Waals surface area contributed by atoms with E-state index in [0.29, 0.717) is 28.3 Å². The van der Waals surface area contributed by atoms with Crippen molar-refractivity contribution >= 4 is 27.5 Å². The third-order valence-corrected chi connectivity index (χ3v) is 6.27. The monoisotopic (exact) mass is 392 g/mol. The number of aromatic carboxylic acids is 1. The van der Waals surface area contributed by atoms with Crippen molar-refractivity contribution in [2.75, 3.05) is 0 Å². The van der Waals surface area contributed by atoms with Gasteiger partial charge in [-0.05, 0) is 49.4 Å². The van der Waals surface area contributed by atoms with Crippen molar-refractivity contribution < 1.29 is 14.3 Å². The summed E-state index contributed by atoms with van der Waals surface area (Å²) >= 11 is 1.58. The molecular formula is C21H16N2O4S. The van der Waals surface area contributed by atoms with Gasteiger partial charge in [-0.2, -0.15) is 0 Å². The van der Waals surface area contributed by atoms with Crippen LogP contribution in [0.25, 0.3) is 33.1 Å². The van der Waals surface area contributed by atoms with Gasteiger partial charge in [-0.3, -0.25) is 4.79 Å². The van der Waals surface area contributed by atoms with Crippen LogP contribution in [0.2, 0.25) is 0 Å². The molecule has 0 saturated carbocycles. The molecule has 0 fully saturated rings. The van der Waals surface area contributed by atoms with Crippen LogP contribution < -0.4 is 5.56 Å². The Hall–Kier alpha value is -3.19. The first-order valence-corrected chi connectivity index (χ1v) is 9.91. The molecule has 4 aromatic rings. The number of hydrogen-bond acceptors (Lipinski definition) is 5. The minimum Gasteiger partial charge on any atom is -0.478 e. The lowest BCUT2D eigenvalue weighted by Crippen LogP contribution is -2.11. The number of furan rings is 1. The van der Waals surface area contributed by atoms with Gasteiger partial charge in [0.15, 0.2) is 11.6 Å². The highest BCUT2D eigenvalue weighted by molar-refractivity contribution is 7.18. The van der Waals surface area contributed by atoms with Gasteiger partial charge in [0, 0.05) is 10.4 Å². The summed E-state index contributed by atoms with van der Waals surface area (Å²) in [5.74, 6) is 0.155. The molecule has 5 rings (SSSR count). The lowest BCUT2D eigenvalue weighted by atomic mass is 9.97. The molecule has 1 aromatic carbocycles. The molecule has 140 valence electrons. The van der Waals surface area contributed by atoms with Crippen molar-refractivity contribution in [3.63, 3.8) is 0 Å². The molecule has 0 atom stereocenters. The number of aryl methyl sites for hydroxylation is 2. The number of thiophene rings is 1. The van der Waals surface area contributed by atoms with Crippen LogP contribution >= 0.6 is 11.3 Å². The molecule has 0 saturated heterocycles. The zero-order chi connectivity index (χ0) is 19.3. The summed E-state index contributed by atoms with van der Waals surface area (Å²) in [5.41, 5.74) is 1.63. The molecular weight excluding hydrogens is 376 g/mol. The second-order valence-corrected chi connectivity index (χ2v) is 7.90. The first-order chi connectivity index (χ1) is 13.6. The zero-order valence-corrected chi connectivity index (χ0v) is 15.6. The van der Waals surface area contributed by atoms with E-state index in [9.17, 15) is 14.7 Å². The molecule has 6 nitrogen and oxygen atoms in total. The predicted octanol–water partition coefficient (Wildman–Crippen LogP) is 4.49. The molecule has 7 heteroatoms. The number of H-pyrrole nitrogens is 1. The van der Waals surface area contributed by atoms with Gasteiger partial charge in [0.05, 0.1) is 10.9 Å². The summed E-state index contributed by atoms with van der Waals surface area (Å²) in [6, 6.07) is 10.0. The molecule has 3 heterocycles. The lowest BCUT2D eigenvalue weighted by Gasteiger charge is -2.09. The largest absolute Gasteiger partial charge is 0.478 e. The van der Waals surface area contributed by atoms with Crippen LogP contribution in [-0.2, 0) is 12.8 Å². The van der Waals surface area contributed by atoms with Crippen molar-refractivity contribution in [2.45, 2.75) is 25.7 Å². The number of nitrogens with one attached hydrogen (secondary N) is 1. The van der Waals surface area contributed by atoms with Crippen molar-refractivity contribution in [2.24, 2.45) is 0 Å². The Balaban J connectivity index is 1.61. The van der Waals surface area contributed by atoms with Gasteiger partial charge in [-0.1, -0.05) is 18.2 Å². The van der Waals surface area contributed by atoms with Crippen molar-refractivity contribution in [1.82, 2.24) is 9.97 Å². The van der Waals surface area contributed by atoms with Crippen molar-refractivity contribution in [3.8, 4) is 22.9 Å². The van der Waals surface area contributed by atoms with E-state index in [1.165, 1.54) is 10.9 Å². The van der Waals surface area contributed by atoms with E-state index >= 15 is 0 Å². The highest BCUT2D eigenvalue weighted by atomic mass is 32.1. The number of carboxylic acid groups (broad SMARTS) is 1. The highest BCUT2D eigenvalue weighted by Crippen LogP contribution is 2.35. The predicted molar refractivity (Wildman–Crippen MR) is 107 cm³/mol. The Labute approximate surface area is 163 Å². The van der Waals surface area contributed by atoms with Gasteiger partial charge >= 0.3 is 5.97 Å².